The van der Waals surface area contributed by atoms with Crippen LogP contribution in [0.4, 0.5) is 5.69 Å². The number of fused-ring (bicyclic) bond motifs is 1. The Morgan fingerprint density at radius 2 is 1.58 bits per heavy atom. The number of benzene rings is 3. The van der Waals surface area contributed by atoms with Crippen LogP contribution in [0.1, 0.15) is 12.5 Å². The van der Waals surface area contributed by atoms with Crippen LogP contribution in [-0.4, -0.2) is 25.5 Å². The van der Waals surface area contributed by atoms with Crippen LogP contribution in [0.2, 0.25) is 0 Å². The minimum absolute atomic E-state index is 0.0596. The highest BCUT2D eigenvalue weighted by Gasteiger charge is 2.33. The number of hydrogen-bond donors (Lipinski definition) is 1. The van der Waals surface area contributed by atoms with Crippen LogP contribution < -0.4 is 4.31 Å². The van der Waals surface area contributed by atoms with Gasteiger partial charge in [0.2, 0.25) is 0 Å². The van der Waals surface area contributed by atoms with Gasteiger partial charge in [-0.15, -0.1) is 0 Å². The molecule has 0 aromatic heterocycles. The Morgan fingerprint density at radius 1 is 0.962 bits per heavy atom. The Morgan fingerprint density at radius 3 is 2.19 bits per heavy atom. The molecule has 0 aliphatic rings. The SMILES string of the molecule is Cc1ccc(S(=O)(=O)N(c2ccc3ccccc3c2)C(C)C(=O)O)cc1. The van der Waals surface area contributed by atoms with Gasteiger partial charge in [0.05, 0.1) is 10.6 Å². The predicted octanol–water partition coefficient (Wildman–Crippen LogP) is 3.82. The van der Waals surface area contributed by atoms with Crippen LogP contribution in [0.5, 0.6) is 0 Å². The molecular weight excluding hydrogens is 350 g/mol. The molecule has 0 amide bonds. The van der Waals surface area contributed by atoms with Crippen LogP contribution in [0.3, 0.4) is 0 Å². The average molecular weight is 369 g/mol. The molecule has 0 aliphatic carbocycles. The zero-order valence-electron chi connectivity index (χ0n) is 14.5. The van der Waals surface area contributed by atoms with Gasteiger partial charge >= 0.3 is 5.97 Å². The summed E-state index contributed by atoms with van der Waals surface area (Å²) in [7, 11) is -4.03. The number of carboxylic acids is 1. The van der Waals surface area contributed by atoms with Crippen molar-refractivity contribution in [2.75, 3.05) is 4.31 Å². The number of aliphatic carboxylic acids is 1. The number of anilines is 1. The number of sulfonamides is 1. The standard InChI is InChI=1S/C20H19NO4S/c1-14-7-11-19(12-8-14)26(24,25)21(15(2)20(22)23)18-10-9-16-5-3-4-6-17(16)13-18/h3-13,15H,1-2H3,(H,22,23). The van der Waals surface area contributed by atoms with E-state index in [9.17, 15) is 18.3 Å². The fourth-order valence-electron chi connectivity index (χ4n) is 2.81. The smallest absolute Gasteiger partial charge is 0.327 e. The highest BCUT2D eigenvalue weighted by molar-refractivity contribution is 7.92. The fraction of sp³-hybridized carbons (Fsp3) is 0.150. The van der Waals surface area contributed by atoms with Gasteiger partial charge in [0.15, 0.2) is 0 Å². The summed E-state index contributed by atoms with van der Waals surface area (Å²) in [5.74, 6) is -1.21. The summed E-state index contributed by atoms with van der Waals surface area (Å²) in [4.78, 5) is 11.7. The first-order chi connectivity index (χ1) is 12.3. The normalized spacial score (nSPS) is 12.7. The predicted molar refractivity (Wildman–Crippen MR) is 102 cm³/mol. The molecule has 1 atom stereocenters. The topological polar surface area (TPSA) is 74.7 Å². The van der Waals surface area contributed by atoms with E-state index in [4.69, 9.17) is 0 Å². The van der Waals surface area contributed by atoms with Crippen molar-refractivity contribution in [2.24, 2.45) is 0 Å². The molecular formula is C20H19NO4S. The van der Waals surface area contributed by atoms with Crippen molar-refractivity contribution in [1.29, 1.82) is 0 Å². The number of carboxylic acid groups (broad SMARTS) is 1. The van der Waals surface area contributed by atoms with Crippen molar-refractivity contribution in [3.05, 3.63) is 72.3 Å². The molecule has 0 bridgehead atoms. The first-order valence-corrected chi connectivity index (χ1v) is 9.57. The molecule has 134 valence electrons. The molecule has 1 N–H and O–H groups in total. The highest BCUT2D eigenvalue weighted by Crippen LogP contribution is 2.29. The molecule has 0 saturated heterocycles. The monoisotopic (exact) mass is 369 g/mol. The van der Waals surface area contributed by atoms with E-state index >= 15 is 0 Å². The quantitative estimate of drug-likeness (QED) is 0.742. The number of carbonyl (C=O) groups is 1. The van der Waals surface area contributed by atoms with Crippen molar-refractivity contribution >= 4 is 32.5 Å². The summed E-state index contributed by atoms with van der Waals surface area (Å²) in [5, 5.41) is 11.3. The van der Waals surface area contributed by atoms with Crippen molar-refractivity contribution < 1.29 is 18.3 Å². The molecule has 0 spiro atoms. The van der Waals surface area contributed by atoms with Gasteiger partial charge in [-0.05, 0) is 48.9 Å². The molecule has 0 fully saturated rings. The second-order valence-corrected chi connectivity index (χ2v) is 7.97. The summed E-state index contributed by atoms with van der Waals surface area (Å²) >= 11 is 0. The van der Waals surface area contributed by atoms with Gasteiger partial charge in [-0.25, -0.2) is 13.2 Å². The van der Waals surface area contributed by atoms with E-state index in [0.29, 0.717) is 5.69 Å². The lowest BCUT2D eigenvalue weighted by Gasteiger charge is -2.28. The van der Waals surface area contributed by atoms with E-state index in [1.165, 1.54) is 19.1 Å². The zero-order chi connectivity index (χ0) is 18.9. The van der Waals surface area contributed by atoms with Crippen LogP contribution in [0.25, 0.3) is 10.8 Å². The number of nitrogens with zero attached hydrogens (tertiary/aromatic N) is 1. The Kier molecular flexibility index (Phi) is 4.70. The molecule has 3 rings (SSSR count). The second-order valence-electron chi connectivity index (χ2n) is 6.16. The van der Waals surface area contributed by atoms with Gasteiger partial charge in [-0.2, -0.15) is 0 Å². The molecule has 26 heavy (non-hydrogen) atoms. The van der Waals surface area contributed by atoms with Crippen LogP contribution in [-0.2, 0) is 14.8 Å². The molecule has 1 unspecified atom stereocenters. The van der Waals surface area contributed by atoms with Crippen LogP contribution >= 0.6 is 0 Å². The summed E-state index contributed by atoms with van der Waals surface area (Å²) in [6.07, 6.45) is 0. The Labute approximate surface area is 152 Å². The highest BCUT2D eigenvalue weighted by atomic mass is 32.2. The Balaban J connectivity index is 2.18. The third-order valence-electron chi connectivity index (χ3n) is 4.27. The maximum absolute atomic E-state index is 13.2. The largest absolute Gasteiger partial charge is 0.480 e. The minimum atomic E-state index is -4.03. The summed E-state index contributed by atoms with van der Waals surface area (Å²) in [5.41, 5.74) is 1.24. The number of rotatable bonds is 5. The van der Waals surface area contributed by atoms with E-state index in [-0.39, 0.29) is 4.90 Å². The van der Waals surface area contributed by atoms with E-state index in [1.54, 1.807) is 30.3 Å². The minimum Gasteiger partial charge on any atom is -0.480 e. The fourth-order valence-corrected chi connectivity index (χ4v) is 4.41. The van der Waals surface area contributed by atoms with Gasteiger partial charge in [0.25, 0.3) is 10.0 Å². The number of hydrogen-bond acceptors (Lipinski definition) is 3. The molecule has 5 nitrogen and oxygen atoms in total. The van der Waals surface area contributed by atoms with Crippen molar-refractivity contribution in [2.45, 2.75) is 24.8 Å². The molecule has 3 aromatic rings. The maximum atomic E-state index is 13.2. The van der Waals surface area contributed by atoms with Crippen molar-refractivity contribution in [3.8, 4) is 0 Å². The summed E-state index contributed by atoms with van der Waals surface area (Å²) < 4.78 is 27.3. The lowest BCUT2D eigenvalue weighted by Crippen LogP contribution is -2.43. The van der Waals surface area contributed by atoms with E-state index < -0.39 is 22.0 Å². The van der Waals surface area contributed by atoms with Gasteiger partial charge < -0.3 is 5.11 Å². The van der Waals surface area contributed by atoms with Crippen molar-refractivity contribution in [3.63, 3.8) is 0 Å². The molecule has 0 saturated carbocycles. The Bertz CT molecular complexity index is 1060. The lowest BCUT2D eigenvalue weighted by atomic mass is 10.1. The van der Waals surface area contributed by atoms with Gasteiger partial charge in [-0.3, -0.25) is 4.31 Å². The first-order valence-electron chi connectivity index (χ1n) is 8.13. The molecule has 0 aliphatic heterocycles. The molecule has 0 radical (unpaired) electrons. The summed E-state index contributed by atoms with van der Waals surface area (Å²) in [6, 6.07) is 17.8. The maximum Gasteiger partial charge on any atom is 0.327 e. The summed E-state index contributed by atoms with van der Waals surface area (Å²) in [6.45, 7) is 3.22. The third kappa shape index (κ3) is 3.28. The average Bonchev–Trinajstić information content (AvgIpc) is 2.61. The zero-order valence-corrected chi connectivity index (χ0v) is 15.3. The van der Waals surface area contributed by atoms with Gasteiger partial charge in [0, 0.05) is 0 Å². The second kappa shape index (κ2) is 6.80. The van der Waals surface area contributed by atoms with Crippen LogP contribution in [0.15, 0.2) is 71.6 Å². The molecule has 3 aromatic carbocycles. The first kappa shape index (κ1) is 17.9. The van der Waals surface area contributed by atoms with E-state index in [2.05, 4.69) is 0 Å². The molecule has 0 heterocycles. The lowest BCUT2D eigenvalue weighted by molar-refractivity contribution is -0.137. The Hall–Kier alpha value is -2.86. The van der Waals surface area contributed by atoms with Gasteiger partial charge in [0.1, 0.15) is 6.04 Å². The van der Waals surface area contributed by atoms with Crippen LogP contribution in [0, 0.1) is 6.92 Å². The number of aryl methyl sites for hydroxylation is 1. The molecule has 6 heteroatoms. The van der Waals surface area contributed by atoms with Crippen molar-refractivity contribution in [1.82, 2.24) is 0 Å². The van der Waals surface area contributed by atoms with Gasteiger partial charge in [-0.1, -0.05) is 48.0 Å². The van der Waals surface area contributed by atoms with E-state index in [1.807, 2.05) is 31.2 Å². The third-order valence-corrected chi connectivity index (χ3v) is 6.19. The van der Waals surface area contributed by atoms with E-state index in [0.717, 1.165) is 20.6 Å².